The van der Waals surface area contributed by atoms with Crippen LogP contribution in [0.5, 0.6) is 5.75 Å². The largest absolute Gasteiger partial charge is 0.497 e. The second kappa shape index (κ2) is 6.40. The molecule has 0 aliphatic carbocycles. The molecule has 1 heterocycles. The molecule has 0 radical (unpaired) electrons. The average Bonchev–Trinajstić information content (AvgIpc) is 2.86. The summed E-state index contributed by atoms with van der Waals surface area (Å²) in [7, 11) is 1.65. The summed E-state index contributed by atoms with van der Waals surface area (Å²) in [6, 6.07) is 11.3. The fourth-order valence-corrected chi connectivity index (χ4v) is 2.92. The Hall–Kier alpha value is -1.75. The molecule has 2 aromatic carbocycles. The van der Waals surface area contributed by atoms with Gasteiger partial charge in [0, 0.05) is 6.54 Å². The van der Waals surface area contributed by atoms with Crippen molar-refractivity contribution < 1.29 is 4.74 Å². The minimum atomic E-state index is -0.203. The maximum absolute atomic E-state index is 6.17. The van der Waals surface area contributed by atoms with Gasteiger partial charge in [0.05, 0.1) is 34.2 Å². The summed E-state index contributed by atoms with van der Waals surface area (Å²) in [4.78, 5) is 4.62. The first-order valence-corrected chi connectivity index (χ1v) is 7.99. The summed E-state index contributed by atoms with van der Waals surface area (Å²) >= 11 is 12.3. The fraction of sp³-hybridized carbons (Fsp3) is 0.235. The number of hydrogen-bond acceptors (Lipinski definition) is 3. The highest BCUT2D eigenvalue weighted by Crippen LogP contribution is 2.30. The third kappa shape index (κ3) is 3.15. The number of nitrogens with zero attached hydrogens (tertiary/aromatic N) is 2. The van der Waals surface area contributed by atoms with E-state index in [0.29, 0.717) is 16.6 Å². The van der Waals surface area contributed by atoms with Gasteiger partial charge in [0.25, 0.3) is 0 Å². The van der Waals surface area contributed by atoms with Crippen LogP contribution < -0.4 is 10.5 Å². The molecule has 1 atom stereocenters. The molecule has 0 saturated carbocycles. The molecule has 0 unspecified atom stereocenters. The average molecular weight is 350 g/mol. The predicted molar refractivity (Wildman–Crippen MR) is 94.5 cm³/mol. The van der Waals surface area contributed by atoms with Crippen molar-refractivity contribution in [1.82, 2.24) is 9.55 Å². The van der Waals surface area contributed by atoms with Gasteiger partial charge in [-0.15, -0.1) is 0 Å². The SMILES string of the molecule is COc1cccc(Cn2c([C@H](C)N)nc3cc(Cl)c(Cl)cc32)c1. The predicted octanol–water partition coefficient (Wildman–Crippen LogP) is 4.42. The molecular formula is C17H17Cl2N3O. The van der Waals surface area contributed by atoms with Gasteiger partial charge in [-0.1, -0.05) is 35.3 Å². The highest BCUT2D eigenvalue weighted by Gasteiger charge is 2.16. The van der Waals surface area contributed by atoms with E-state index in [1.54, 1.807) is 13.2 Å². The first-order valence-electron chi connectivity index (χ1n) is 7.23. The summed E-state index contributed by atoms with van der Waals surface area (Å²) in [5, 5.41) is 0.989. The lowest BCUT2D eigenvalue weighted by atomic mass is 10.2. The number of ether oxygens (including phenoxy) is 1. The van der Waals surface area contributed by atoms with Gasteiger partial charge in [0.2, 0.25) is 0 Å². The smallest absolute Gasteiger partial charge is 0.126 e. The Balaban J connectivity index is 2.13. The molecule has 0 fully saturated rings. The molecule has 120 valence electrons. The van der Waals surface area contributed by atoms with Gasteiger partial charge in [-0.25, -0.2) is 4.98 Å². The van der Waals surface area contributed by atoms with Crippen LogP contribution in [-0.2, 0) is 6.54 Å². The van der Waals surface area contributed by atoms with Gasteiger partial charge in [-0.05, 0) is 36.8 Å². The number of fused-ring (bicyclic) bond motifs is 1. The van der Waals surface area contributed by atoms with Crippen molar-refractivity contribution in [3.63, 3.8) is 0 Å². The molecule has 0 saturated heterocycles. The topological polar surface area (TPSA) is 53.1 Å². The Labute approximate surface area is 144 Å². The number of imidazole rings is 1. The number of benzene rings is 2. The second-order valence-electron chi connectivity index (χ2n) is 5.45. The molecule has 3 aromatic rings. The lowest BCUT2D eigenvalue weighted by molar-refractivity contribution is 0.414. The van der Waals surface area contributed by atoms with Gasteiger partial charge >= 0.3 is 0 Å². The van der Waals surface area contributed by atoms with Crippen LogP contribution >= 0.6 is 23.2 Å². The Bertz CT molecular complexity index is 858. The molecule has 1 aromatic heterocycles. The molecular weight excluding hydrogens is 333 g/mol. The van der Waals surface area contributed by atoms with E-state index < -0.39 is 0 Å². The molecule has 4 nitrogen and oxygen atoms in total. The van der Waals surface area contributed by atoms with Crippen LogP contribution in [-0.4, -0.2) is 16.7 Å². The van der Waals surface area contributed by atoms with E-state index in [4.69, 9.17) is 33.7 Å². The summed E-state index contributed by atoms with van der Waals surface area (Å²) in [5.41, 5.74) is 8.88. The van der Waals surface area contributed by atoms with E-state index in [-0.39, 0.29) is 6.04 Å². The number of hydrogen-bond donors (Lipinski definition) is 1. The number of aromatic nitrogens is 2. The van der Waals surface area contributed by atoms with Crippen molar-refractivity contribution in [2.75, 3.05) is 7.11 Å². The van der Waals surface area contributed by atoms with Crippen molar-refractivity contribution in [2.24, 2.45) is 5.73 Å². The van der Waals surface area contributed by atoms with Crippen molar-refractivity contribution in [1.29, 1.82) is 0 Å². The van der Waals surface area contributed by atoms with Crippen LogP contribution in [0.3, 0.4) is 0 Å². The highest BCUT2D eigenvalue weighted by molar-refractivity contribution is 6.42. The standard InChI is InChI=1S/C17H17Cl2N3O/c1-10(20)17-21-15-7-13(18)14(19)8-16(15)22(17)9-11-4-3-5-12(6-11)23-2/h3-8,10H,9,20H2,1-2H3/t10-/m0/s1. The van der Waals surface area contributed by atoms with E-state index in [1.807, 2.05) is 37.3 Å². The monoisotopic (exact) mass is 349 g/mol. The molecule has 0 spiro atoms. The molecule has 6 heteroatoms. The Kier molecular flexibility index (Phi) is 4.48. The van der Waals surface area contributed by atoms with Crippen LogP contribution in [0.4, 0.5) is 0 Å². The minimum absolute atomic E-state index is 0.203. The molecule has 0 aliphatic heterocycles. The third-order valence-corrected chi connectivity index (χ3v) is 4.42. The van der Waals surface area contributed by atoms with Crippen molar-refractivity contribution >= 4 is 34.2 Å². The minimum Gasteiger partial charge on any atom is -0.497 e. The number of halogens is 2. The summed E-state index contributed by atoms with van der Waals surface area (Å²) in [6.07, 6.45) is 0. The zero-order valence-electron chi connectivity index (χ0n) is 12.9. The van der Waals surface area contributed by atoms with Crippen LogP contribution in [0, 0.1) is 0 Å². The van der Waals surface area contributed by atoms with Crippen molar-refractivity contribution in [3.8, 4) is 5.75 Å². The summed E-state index contributed by atoms with van der Waals surface area (Å²) < 4.78 is 7.35. The molecule has 0 bridgehead atoms. The van der Waals surface area contributed by atoms with Crippen LogP contribution in [0.2, 0.25) is 10.0 Å². The van der Waals surface area contributed by atoms with Gasteiger partial charge < -0.3 is 15.0 Å². The van der Waals surface area contributed by atoms with Gasteiger partial charge in [-0.3, -0.25) is 0 Å². The number of rotatable bonds is 4. The van der Waals surface area contributed by atoms with Crippen molar-refractivity contribution in [3.05, 3.63) is 57.8 Å². The maximum Gasteiger partial charge on any atom is 0.126 e. The zero-order valence-corrected chi connectivity index (χ0v) is 14.4. The van der Waals surface area contributed by atoms with E-state index in [9.17, 15) is 0 Å². The second-order valence-corrected chi connectivity index (χ2v) is 6.27. The summed E-state index contributed by atoms with van der Waals surface area (Å²) in [6.45, 7) is 2.54. The summed E-state index contributed by atoms with van der Waals surface area (Å²) in [5.74, 6) is 1.61. The van der Waals surface area contributed by atoms with Crippen LogP contribution in [0.25, 0.3) is 11.0 Å². The van der Waals surface area contributed by atoms with Gasteiger partial charge in [0.1, 0.15) is 11.6 Å². The maximum atomic E-state index is 6.17. The quantitative estimate of drug-likeness (QED) is 0.758. The lowest BCUT2D eigenvalue weighted by Gasteiger charge is -2.12. The van der Waals surface area contributed by atoms with E-state index in [0.717, 1.165) is 28.2 Å². The fourth-order valence-electron chi connectivity index (χ4n) is 2.61. The van der Waals surface area contributed by atoms with E-state index in [1.165, 1.54) is 0 Å². The molecule has 23 heavy (non-hydrogen) atoms. The first kappa shape index (κ1) is 16.1. The molecule has 2 N–H and O–H groups in total. The normalized spacial score (nSPS) is 12.6. The zero-order chi connectivity index (χ0) is 16.6. The van der Waals surface area contributed by atoms with Gasteiger partial charge in [-0.2, -0.15) is 0 Å². The number of nitrogens with two attached hydrogens (primary N) is 1. The van der Waals surface area contributed by atoms with Crippen LogP contribution in [0.15, 0.2) is 36.4 Å². The molecule has 0 aliphatic rings. The highest BCUT2D eigenvalue weighted by atomic mass is 35.5. The third-order valence-electron chi connectivity index (χ3n) is 3.70. The van der Waals surface area contributed by atoms with E-state index in [2.05, 4.69) is 9.55 Å². The van der Waals surface area contributed by atoms with E-state index >= 15 is 0 Å². The lowest BCUT2D eigenvalue weighted by Crippen LogP contribution is -2.14. The Morgan fingerprint density at radius 2 is 1.96 bits per heavy atom. The van der Waals surface area contributed by atoms with Gasteiger partial charge in [0.15, 0.2) is 0 Å². The number of methoxy groups -OCH3 is 1. The Morgan fingerprint density at radius 1 is 1.22 bits per heavy atom. The first-order chi connectivity index (χ1) is 11.0. The molecule has 0 amide bonds. The van der Waals surface area contributed by atoms with Crippen LogP contribution in [0.1, 0.15) is 24.4 Å². The van der Waals surface area contributed by atoms with Crippen molar-refractivity contribution in [2.45, 2.75) is 19.5 Å². The Morgan fingerprint density at radius 3 is 2.65 bits per heavy atom. The molecule has 3 rings (SSSR count).